The molecular weight excluding hydrogens is 402 g/mol. The molecule has 0 bridgehead atoms. The summed E-state index contributed by atoms with van der Waals surface area (Å²) in [7, 11) is 0. The average Bonchev–Trinajstić information content (AvgIpc) is 2.82. The van der Waals surface area contributed by atoms with Gasteiger partial charge in [-0.1, -0.05) is 50.2 Å². The van der Waals surface area contributed by atoms with Crippen molar-refractivity contribution in [1.82, 2.24) is 10.2 Å². The van der Waals surface area contributed by atoms with Gasteiger partial charge in [0.25, 0.3) is 0 Å². The Morgan fingerprint density at radius 1 is 1.16 bits per heavy atom. The molecule has 1 aliphatic rings. The summed E-state index contributed by atoms with van der Waals surface area (Å²) in [6, 6.07) is 18.2. The van der Waals surface area contributed by atoms with Gasteiger partial charge in [0.2, 0.25) is 5.91 Å². The van der Waals surface area contributed by atoms with Crippen LogP contribution >= 0.6 is 0 Å². The monoisotopic (exact) mass is 435 g/mol. The van der Waals surface area contributed by atoms with Crippen molar-refractivity contribution in [1.29, 1.82) is 5.26 Å². The summed E-state index contributed by atoms with van der Waals surface area (Å²) in [6.07, 6.45) is 0.733. The van der Waals surface area contributed by atoms with E-state index in [2.05, 4.69) is 48.3 Å². The Morgan fingerprint density at radius 2 is 1.91 bits per heavy atom. The van der Waals surface area contributed by atoms with Gasteiger partial charge >= 0.3 is 0 Å². The van der Waals surface area contributed by atoms with Gasteiger partial charge in [-0.2, -0.15) is 5.26 Å². The molecule has 0 unspecified atom stereocenters. The smallest absolute Gasteiger partial charge is 0.228 e. The van der Waals surface area contributed by atoms with Crippen LogP contribution in [0.25, 0.3) is 11.1 Å². The number of rotatable bonds is 10. The molecule has 1 saturated heterocycles. The summed E-state index contributed by atoms with van der Waals surface area (Å²) in [5, 5.41) is 11.5. The Hall–Kier alpha value is -2.88. The zero-order valence-corrected chi connectivity index (χ0v) is 19.0. The maximum Gasteiger partial charge on any atom is 0.228 e. The molecule has 32 heavy (non-hydrogen) atoms. The van der Waals surface area contributed by atoms with E-state index in [0.717, 1.165) is 61.7 Å². The predicted molar refractivity (Wildman–Crippen MR) is 125 cm³/mol. The van der Waals surface area contributed by atoms with Crippen LogP contribution in [0, 0.1) is 17.2 Å². The summed E-state index contributed by atoms with van der Waals surface area (Å²) in [5.74, 6) is 0.852. The average molecular weight is 436 g/mol. The Bertz CT molecular complexity index is 899. The molecule has 0 aromatic heterocycles. The van der Waals surface area contributed by atoms with Crippen LogP contribution in [0.5, 0.6) is 5.75 Å². The van der Waals surface area contributed by atoms with Crippen molar-refractivity contribution >= 4 is 5.91 Å². The maximum absolute atomic E-state index is 12.7. The molecule has 0 radical (unpaired) electrons. The minimum absolute atomic E-state index is 0.0279. The van der Waals surface area contributed by atoms with Crippen molar-refractivity contribution in [2.45, 2.75) is 26.2 Å². The molecule has 1 N–H and O–H groups in total. The van der Waals surface area contributed by atoms with E-state index in [0.29, 0.717) is 12.5 Å². The van der Waals surface area contributed by atoms with Crippen LogP contribution in [0.1, 0.15) is 31.7 Å². The number of hydrogen-bond acceptors (Lipinski definition) is 5. The second-order valence-corrected chi connectivity index (χ2v) is 8.51. The summed E-state index contributed by atoms with van der Waals surface area (Å²) >= 11 is 0. The van der Waals surface area contributed by atoms with Gasteiger partial charge in [0, 0.05) is 19.6 Å². The van der Waals surface area contributed by atoms with Gasteiger partial charge in [-0.15, -0.1) is 0 Å². The highest BCUT2D eigenvalue weighted by molar-refractivity contribution is 5.84. The summed E-state index contributed by atoms with van der Waals surface area (Å²) in [6.45, 7) is 9.31. The number of nitrogens with one attached hydrogen (secondary N) is 1. The molecule has 170 valence electrons. The number of carbonyl (C=O) groups is 1. The molecule has 0 aliphatic carbocycles. The summed E-state index contributed by atoms with van der Waals surface area (Å²) < 4.78 is 11.3. The van der Waals surface area contributed by atoms with E-state index in [-0.39, 0.29) is 18.4 Å². The third kappa shape index (κ3) is 7.08. The first-order chi connectivity index (χ1) is 15.6. The van der Waals surface area contributed by atoms with Gasteiger partial charge < -0.3 is 14.8 Å². The number of hydrogen-bond donors (Lipinski definition) is 1. The molecule has 1 fully saturated rings. The highest BCUT2D eigenvalue weighted by Crippen LogP contribution is 2.29. The highest BCUT2D eigenvalue weighted by Gasteiger charge is 2.22. The standard InChI is InChI=1S/C26H33N3O3/c1-20(2)18-25(26(30)28-11-10-27)23-5-3-4-22(19-23)21-6-8-24(9-7-21)32-17-14-29-12-15-31-16-13-29/h3-9,19-20,25H,11-18H2,1-2H3,(H,28,30)/t25-/m1/s1. The van der Waals surface area contributed by atoms with Crippen molar-refractivity contribution in [2.75, 3.05) is 46.0 Å². The third-order valence-corrected chi connectivity index (χ3v) is 5.62. The van der Waals surface area contributed by atoms with Crippen LogP contribution in [-0.4, -0.2) is 56.8 Å². The fourth-order valence-electron chi connectivity index (χ4n) is 3.91. The quantitative estimate of drug-likeness (QED) is 0.574. The second kappa shape index (κ2) is 12.2. The Balaban J connectivity index is 1.65. The fraction of sp³-hybridized carbons (Fsp3) is 0.462. The SMILES string of the molecule is CC(C)C[C@@H](C(=O)NCC#N)c1cccc(-c2ccc(OCCN3CCOCC3)cc2)c1. The Labute approximate surface area is 191 Å². The highest BCUT2D eigenvalue weighted by atomic mass is 16.5. The lowest BCUT2D eigenvalue weighted by molar-refractivity contribution is -0.122. The van der Waals surface area contributed by atoms with E-state index in [1.807, 2.05) is 30.3 Å². The first kappa shape index (κ1) is 23.8. The molecule has 1 amide bonds. The Kier molecular flexibility index (Phi) is 9.09. The third-order valence-electron chi connectivity index (χ3n) is 5.62. The molecule has 6 heteroatoms. The first-order valence-electron chi connectivity index (χ1n) is 11.3. The number of carbonyl (C=O) groups excluding carboxylic acids is 1. The molecular formula is C26H33N3O3. The number of nitrogens with zero attached hydrogens (tertiary/aromatic N) is 2. The lowest BCUT2D eigenvalue weighted by Gasteiger charge is -2.26. The van der Waals surface area contributed by atoms with Crippen LogP contribution < -0.4 is 10.1 Å². The van der Waals surface area contributed by atoms with Crippen LogP contribution in [-0.2, 0) is 9.53 Å². The molecule has 6 nitrogen and oxygen atoms in total. The molecule has 0 spiro atoms. The largest absolute Gasteiger partial charge is 0.492 e. The van der Waals surface area contributed by atoms with Crippen molar-refractivity contribution < 1.29 is 14.3 Å². The number of nitriles is 1. The zero-order chi connectivity index (χ0) is 22.8. The predicted octanol–water partition coefficient (Wildman–Crippen LogP) is 3.83. The maximum atomic E-state index is 12.7. The van der Waals surface area contributed by atoms with E-state index < -0.39 is 0 Å². The van der Waals surface area contributed by atoms with E-state index >= 15 is 0 Å². The molecule has 2 aromatic carbocycles. The van der Waals surface area contributed by atoms with E-state index in [4.69, 9.17) is 14.7 Å². The van der Waals surface area contributed by atoms with Gasteiger partial charge in [0.15, 0.2) is 0 Å². The second-order valence-electron chi connectivity index (χ2n) is 8.51. The summed E-state index contributed by atoms with van der Waals surface area (Å²) in [5.41, 5.74) is 3.11. The van der Waals surface area contributed by atoms with Gasteiger partial charge in [-0.25, -0.2) is 0 Å². The van der Waals surface area contributed by atoms with Crippen molar-refractivity contribution in [3.05, 3.63) is 54.1 Å². The molecule has 1 heterocycles. The molecule has 1 aliphatic heterocycles. The van der Waals surface area contributed by atoms with Gasteiger partial charge in [-0.3, -0.25) is 9.69 Å². The lowest BCUT2D eigenvalue weighted by Crippen LogP contribution is -2.38. The van der Waals surface area contributed by atoms with E-state index in [1.54, 1.807) is 0 Å². The molecule has 2 aromatic rings. The topological polar surface area (TPSA) is 74.6 Å². The first-order valence-corrected chi connectivity index (χ1v) is 11.3. The van der Waals surface area contributed by atoms with Gasteiger partial charge in [-0.05, 0) is 41.2 Å². The normalized spacial score (nSPS) is 15.2. The van der Waals surface area contributed by atoms with Crippen molar-refractivity contribution in [2.24, 2.45) is 5.92 Å². The van der Waals surface area contributed by atoms with Crippen LogP contribution in [0.2, 0.25) is 0 Å². The summed E-state index contributed by atoms with van der Waals surface area (Å²) in [4.78, 5) is 15.0. The Morgan fingerprint density at radius 3 is 2.59 bits per heavy atom. The molecule has 1 atom stereocenters. The van der Waals surface area contributed by atoms with Crippen LogP contribution in [0.3, 0.4) is 0 Å². The fourth-order valence-corrected chi connectivity index (χ4v) is 3.91. The van der Waals surface area contributed by atoms with Crippen molar-refractivity contribution in [3.63, 3.8) is 0 Å². The number of morpholine rings is 1. The van der Waals surface area contributed by atoms with Crippen molar-refractivity contribution in [3.8, 4) is 22.9 Å². The number of benzene rings is 2. The van der Waals surface area contributed by atoms with Crippen LogP contribution in [0.4, 0.5) is 0 Å². The van der Waals surface area contributed by atoms with Gasteiger partial charge in [0.05, 0.1) is 25.2 Å². The zero-order valence-electron chi connectivity index (χ0n) is 19.0. The minimum atomic E-state index is -0.272. The molecule has 3 rings (SSSR count). The van der Waals surface area contributed by atoms with E-state index in [1.165, 1.54) is 0 Å². The lowest BCUT2D eigenvalue weighted by atomic mass is 9.88. The number of ether oxygens (including phenoxy) is 2. The molecule has 0 saturated carbocycles. The van der Waals surface area contributed by atoms with E-state index in [9.17, 15) is 4.79 Å². The van der Waals surface area contributed by atoms with Crippen LogP contribution in [0.15, 0.2) is 48.5 Å². The minimum Gasteiger partial charge on any atom is -0.492 e. The number of amides is 1. The van der Waals surface area contributed by atoms with Gasteiger partial charge in [0.1, 0.15) is 18.9 Å².